The Bertz CT molecular complexity index is 636. The van der Waals surface area contributed by atoms with E-state index in [0.717, 1.165) is 17.7 Å². The highest BCUT2D eigenvalue weighted by Crippen LogP contribution is 2.34. The third-order valence-electron chi connectivity index (χ3n) is 3.19. The van der Waals surface area contributed by atoms with Gasteiger partial charge in [0, 0.05) is 7.11 Å². The maximum Gasteiger partial charge on any atom is 0.180 e. The quantitative estimate of drug-likeness (QED) is 0.763. The summed E-state index contributed by atoms with van der Waals surface area (Å²) in [5, 5.41) is 29.8. The molecule has 2 aromatic carbocycles. The number of aliphatic hydroxyl groups is 1. The highest BCUT2D eigenvalue weighted by Gasteiger charge is 2.17. The molecule has 0 fully saturated rings. The van der Waals surface area contributed by atoms with Gasteiger partial charge in [-0.3, -0.25) is 5.21 Å². The van der Waals surface area contributed by atoms with Gasteiger partial charge in [0.2, 0.25) is 0 Å². The number of anilines is 1. The van der Waals surface area contributed by atoms with Crippen LogP contribution in [0.25, 0.3) is 0 Å². The van der Waals surface area contributed by atoms with Crippen LogP contribution < -0.4 is 9.96 Å². The van der Waals surface area contributed by atoms with Crippen LogP contribution in [0.1, 0.15) is 17.2 Å². The molecule has 0 saturated carbocycles. The van der Waals surface area contributed by atoms with Gasteiger partial charge in [0.1, 0.15) is 12.7 Å². The van der Waals surface area contributed by atoms with Crippen molar-refractivity contribution in [2.45, 2.75) is 12.7 Å². The summed E-state index contributed by atoms with van der Waals surface area (Å²) in [5.74, 6) is -1.25. The topological polar surface area (TPSA) is 85.2 Å². The van der Waals surface area contributed by atoms with E-state index in [1.165, 1.54) is 7.11 Å². The summed E-state index contributed by atoms with van der Waals surface area (Å²) in [7, 11) is 1.38. The molecule has 0 heterocycles. The lowest BCUT2D eigenvalue weighted by Crippen LogP contribution is -2.13. The summed E-state index contributed by atoms with van der Waals surface area (Å²) < 4.78 is 24.3. The minimum absolute atomic E-state index is 0.0264. The standard InChI is InChI=1S/C16H17FNO5/c1-22-10-15(19)12-7-13(17)16(14(8-12)18(20)21)23-9-11-5-3-2-4-6-11/h2-8,15,19-20H,9-10H2,1H3/q-1. The summed E-state index contributed by atoms with van der Waals surface area (Å²) in [6.45, 7) is -0.0496. The van der Waals surface area contributed by atoms with Crippen LogP contribution in [0, 0.1) is 11.0 Å². The zero-order chi connectivity index (χ0) is 16.8. The maximum atomic E-state index is 14.2. The van der Waals surface area contributed by atoms with Crippen LogP contribution in [0.3, 0.4) is 0 Å². The SMILES string of the molecule is COCC(O)c1cc(F)c(OCc2ccccc2)c(N([O-])O)c1. The van der Waals surface area contributed by atoms with Crippen LogP contribution >= 0.6 is 0 Å². The van der Waals surface area contributed by atoms with E-state index in [9.17, 15) is 19.9 Å². The summed E-state index contributed by atoms with van der Waals surface area (Å²) in [6, 6.07) is 11.2. The van der Waals surface area contributed by atoms with Crippen molar-refractivity contribution in [1.29, 1.82) is 0 Å². The van der Waals surface area contributed by atoms with Crippen LogP contribution in [0.2, 0.25) is 0 Å². The van der Waals surface area contributed by atoms with Gasteiger partial charge in [-0.1, -0.05) is 30.3 Å². The first-order chi connectivity index (χ1) is 11.0. The molecule has 0 aliphatic carbocycles. The Labute approximate surface area is 132 Å². The van der Waals surface area contributed by atoms with Crippen LogP contribution in [-0.2, 0) is 11.3 Å². The lowest BCUT2D eigenvalue weighted by molar-refractivity contribution is 0.0641. The molecule has 0 bridgehead atoms. The molecule has 0 aliphatic heterocycles. The zero-order valence-corrected chi connectivity index (χ0v) is 12.5. The second-order valence-corrected chi connectivity index (χ2v) is 4.87. The molecule has 2 aromatic rings. The van der Waals surface area contributed by atoms with E-state index in [1.54, 1.807) is 24.3 Å². The highest BCUT2D eigenvalue weighted by molar-refractivity contribution is 5.60. The Kier molecular flexibility index (Phi) is 5.89. The fourth-order valence-electron chi connectivity index (χ4n) is 2.06. The number of aliphatic hydroxyl groups excluding tert-OH is 1. The van der Waals surface area contributed by atoms with Gasteiger partial charge in [-0.2, -0.15) is 0 Å². The second-order valence-electron chi connectivity index (χ2n) is 4.87. The number of hydrogen-bond donors (Lipinski definition) is 2. The summed E-state index contributed by atoms with van der Waals surface area (Å²) >= 11 is 0. The Hall–Kier alpha value is -2.19. The fourth-order valence-corrected chi connectivity index (χ4v) is 2.06. The third kappa shape index (κ3) is 4.40. The van der Waals surface area contributed by atoms with Gasteiger partial charge in [-0.25, -0.2) is 4.39 Å². The number of methoxy groups -OCH3 is 1. The average molecular weight is 322 g/mol. The van der Waals surface area contributed by atoms with Crippen LogP contribution in [0.15, 0.2) is 42.5 Å². The third-order valence-corrected chi connectivity index (χ3v) is 3.19. The number of nitrogens with zero attached hydrogens (tertiary/aromatic N) is 1. The normalized spacial score (nSPS) is 12.0. The van der Waals surface area contributed by atoms with E-state index < -0.39 is 22.8 Å². The van der Waals surface area contributed by atoms with Gasteiger partial charge >= 0.3 is 0 Å². The number of rotatable bonds is 7. The van der Waals surface area contributed by atoms with Gasteiger partial charge in [0.15, 0.2) is 11.6 Å². The fraction of sp³-hybridized carbons (Fsp3) is 0.250. The Balaban J connectivity index is 2.27. The van der Waals surface area contributed by atoms with Gasteiger partial charge < -0.3 is 25.0 Å². The molecule has 124 valence electrons. The first-order valence-corrected chi connectivity index (χ1v) is 6.86. The maximum absolute atomic E-state index is 14.2. The number of halogens is 1. The highest BCUT2D eigenvalue weighted by atomic mass is 19.1. The predicted octanol–water partition coefficient (Wildman–Crippen LogP) is 2.78. The number of hydrogen-bond acceptors (Lipinski definition) is 6. The molecule has 6 nitrogen and oxygen atoms in total. The smallest absolute Gasteiger partial charge is 0.180 e. The molecule has 1 unspecified atom stereocenters. The Morgan fingerprint density at radius 2 is 1.96 bits per heavy atom. The van der Waals surface area contributed by atoms with Crippen LogP contribution in [-0.4, -0.2) is 24.0 Å². The molecule has 23 heavy (non-hydrogen) atoms. The predicted molar refractivity (Wildman–Crippen MR) is 81.6 cm³/mol. The molecule has 0 aromatic heterocycles. The second kappa shape index (κ2) is 7.89. The molecular formula is C16H17FNO5-. The molecule has 0 aliphatic rings. The van der Waals surface area contributed by atoms with Crippen LogP contribution in [0.5, 0.6) is 5.75 Å². The van der Waals surface area contributed by atoms with Crippen molar-refractivity contribution in [3.63, 3.8) is 0 Å². The monoisotopic (exact) mass is 322 g/mol. The van der Waals surface area contributed by atoms with E-state index in [4.69, 9.17) is 9.47 Å². The van der Waals surface area contributed by atoms with Crippen molar-refractivity contribution in [3.05, 3.63) is 64.6 Å². The van der Waals surface area contributed by atoms with Crippen molar-refractivity contribution >= 4 is 5.69 Å². The van der Waals surface area contributed by atoms with Crippen molar-refractivity contribution in [1.82, 2.24) is 0 Å². The van der Waals surface area contributed by atoms with E-state index in [-0.39, 0.29) is 24.5 Å². The molecule has 0 radical (unpaired) electrons. The first-order valence-electron chi connectivity index (χ1n) is 6.86. The van der Waals surface area contributed by atoms with Gasteiger partial charge in [0.25, 0.3) is 0 Å². The minimum Gasteiger partial charge on any atom is -0.733 e. The summed E-state index contributed by atoms with van der Waals surface area (Å²) in [6.07, 6.45) is -1.13. The van der Waals surface area contributed by atoms with Crippen molar-refractivity contribution in [2.24, 2.45) is 0 Å². The first kappa shape index (κ1) is 17.2. The number of benzene rings is 2. The Morgan fingerprint density at radius 3 is 2.57 bits per heavy atom. The molecule has 2 rings (SSSR count). The molecule has 0 spiro atoms. The molecule has 0 saturated heterocycles. The van der Waals surface area contributed by atoms with E-state index in [0.29, 0.717) is 0 Å². The van der Waals surface area contributed by atoms with Crippen molar-refractivity contribution in [2.75, 3.05) is 18.9 Å². The largest absolute Gasteiger partial charge is 0.733 e. The summed E-state index contributed by atoms with van der Waals surface area (Å²) in [4.78, 5) is 0. The van der Waals surface area contributed by atoms with E-state index >= 15 is 0 Å². The van der Waals surface area contributed by atoms with Crippen molar-refractivity contribution in [3.8, 4) is 5.75 Å². The molecule has 1 atom stereocenters. The minimum atomic E-state index is -1.13. The summed E-state index contributed by atoms with van der Waals surface area (Å²) in [5.41, 5.74) is 0.448. The van der Waals surface area contributed by atoms with Crippen molar-refractivity contribution < 1.29 is 24.2 Å². The molecular weight excluding hydrogens is 305 g/mol. The average Bonchev–Trinajstić information content (AvgIpc) is 2.54. The number of ether oxygens (including phenoxy) is 2. The van der Waals surface area contributed by atoms with Gasteiger partial charge in [-0.05, 0) is 23.3 Å². The molecule has 7 heteroatoms. The van der Waals surface area contributed by atoms with E-state index in [1.807, 2.05) is 6.07 Å². The lowest BCUT2D eigenvalue weighted by Gasteiger charge is -2.26. The molecule has 0 amide bonds. The van der Waals surface area contributed by atoms with Gasteiger partial charge in [-0.15, -0.1) is 0 Å². The van der Waals surface area contributed by atoms with Gasteiger partial charge in [0.05, 0.1) is 12.3 Å². The van der Waals surface area contributed by atoms with E-state index in [2.05, 4.69) is 0 Å². The zero-order valence-electron chi connectivity index (χ0n) is 12.5. The van der Waals surface area contributed by atoms with Crippen LogP contribution in [0.4, 0.5) is 10.1 Å². The Morgan fingerprint density at radius 1 is 1.26 bits per heavy atom. The molecule has 2 N–H and O–H groups in total. The lowest BCUT2D eigenvalue weighted by atomic mass is 10.1.